The first-order valence-corrected chi connectivity index (χ1v) is 3.83. The van der Waals surface area contributed by atoms with Crippen LogP contribution in [0.1, 0.15) is 5.56 Å². The second-order valence-corrected chi connectivity index (χ2v) is 2.90. The summed E-state index contributed by atoms with van der Waals surface area (Å²) in [6.45, 7) is 0. The second-order valence-electron chi connectivity index (χ2n) is 2.90. The van der Waals surface area contributed by atoms with Crippen molar-refractivity contribution in [3.05, 3.63) is 28.3 Å². The van der Waals surface area contributed by atoms with E-state index in [2.05, 4.69) is 5.10 Å². The molecule has 5 nitrogen and oxygen atoms in total. The van der Waals surface area contributed by atoms with Gasteiger partial charge >= 0.3 is 11.9 Å². The predicted octanol–water partition coefficient (Wildman–Crippen LogP) is 0.624. The lowest BCUT2D eigenvalue weighted by molar-refractivity contribution is -0.137. The highest BCUT2D eigenvalue weighted by atomic mass is 19.4. The van der Waals surface area contributed by atoms with Crippen LogP contribution < -0.4 is 11.4 Å². The zero-order chi connectivity index (χ0) is 11.2. The molecule has 0 fully saturated rings. The third-order valence-electron chi connectivity index (χ3n) is 1.87. The van der Waals surface area contributed by atoms with E-state index in [0.29, 0.717) is 6.20 Å². The topological polar surface area (TPSA) is 76.2 Å². The van der Waals surface area contributed by atoms with Crippen LogP contribution >= 0.6 is 0 Å². The molecule has 2 aromatic rings. The molecule has 0 amide bonds. The highest BCUT2D eigenvalue weighted by Crippen LogP contribution is 2.30. The number of alkyl halides is 3. The molecule has 80 valence electrons. The Balaban J connectivity index is 2.82. The van der Waals surface area contributed by atoms with Gasteiger partial charge in [-0.25, -0.2) is 14.3 Å². The number of rotatable bonds is 0. The van der Waals surface area contributed by atoms with Gasteiger partial charge in [-0.1, -0.05) is 0 Å². The second kappa shape index (κ2) is 2.75. The summed E-state index contributed by atoms with van der Waals surface area (Å²) in [7, 11) is 0. The molecule has 0 aromatic carbocycles. The van der Waals surface area contributed by atoms with E-state index in [1.54, 1.807) is 0 Å². The van der Waals surface area contributed by atoms with Gasteiger partial charge in [0, 0.05) is 6.20 Å². The van der Waals surface area contributed by atoms with Gasteiger partial charge in [-0.2, -0.15) is 18.3 Å². The van der Waals surface area contributed by atoms with E-state index >= 15 is 0 Å². The van der Waals surface area contributed by atoms with E-state index in [9.17, 15) is 18.0 Å². The number of hydrogen-bond donors (Lipinski definition) is 2. The monoisotopic (exact) mass is 218 g/mol. The zero-order valence-corrected chi connectivity index (χ0v) is 7.17. The van der Waals surface area contributed by atoms with Crippen molar-refractivity contribution in [3.8, 4) is 0 Å². The molecule has 3 N–H and O–H groups in total. The van der Waals surface area contributed by atoms with E-state index < -0.39 is 17.4 Å². The summed E-state index contributed by atoms with van der Waals surface area (Å²) in [4.78, 5) is 11.0. The Morgan fingerprint density at radius 3 is 2.73 bits per heavy atom. The molecule has 0 radical (unpaired) electrons. The third kappa shape index (κ3) is 1.43. The summed E-state index contributed by atoms with van der Waals surface area (Å²) in [5.74, 6) is 0. The summed E-state index contributed by atoms with van der Waals surface area (Å²) in [6.07, 6.45) is -3.89. The predicted molar refractivity (Wildman–Crippen MR) is 45.2 cm³/mol. The highest BCUT2D eigenvalue weighted by Gasteiger charge is 2.31. The van der Waals surface area contributed by atoms with Crippen molar-refractivity contribution < 1.29 is 13.2 Å². The molecule has 8 heteroatoms. The van der Waals surface area contributed by atoms with Gasteiger partial charge in [0.15, 0.2) is 5.65 Å². The number of aromatic nitrogens is 3. The number of nitrogens with zero attached hydrogens (tertiary/aromatic N) is 2. The number of pyridine rings is 1. The Labute approximate surface area is 80.3 Å². The van der Waals surface area contributed by atoms with Crippen molar-refractivity contribution in [1.82, 2.24) is 14.6 Å². The van der Waals surface area contributed by atoms with Gasteiger partial charge in [0.2, 0.25) is 0 Å². The van der Waals surface area contributed by atoms with Crippen molar-refractivity contribution in [1.29, 1.82) is 0 Å². The SMILES string of the molecule is Nc1cc(C(F)(F)F)cn2c(=O)[nH]nc12. The smallest absolute Gasteiger partial charge is 0.396 e. The molecular weight excluding hydrogens is 213 g/mol. The van der Waals surface area contributed by atoms with Crippen LogP contribution in [0, 0.1) is 0 Å². The third-order valence-corrected chi connectivity index (χ3v) is 1.87. The summed E-state index contributed by atoms with van der Waals surface area (Å²) < 4.78 is 37.7. The van der Waals surface area contributed by atoms with Crippen LogP contribution in [-0.2, 0) is 6.18 Å². The van der Waals surface area contributed by atoms with Crippen molar-refractivity contribution in [2.45, 2.75) is 6.18 Å². The van der Waals surface area contributed by atoms with Gasteiger partial charge in [-0.3, -0.25) is 0 Å². The Hall–Kier alpha value is -1.99. The number of anilines is 1. The van der Waals surface area contributed by atoms with E-state index in [-0.39, 0.29) is 11.3 Å². The van der Waals surface area contributed by atoms with Crippen LogP contribution in [0.5, 0.6) is 0 Å². The first-order valence-electron chi connectivity index (χ1n) is 3.83. The van der Waals surface area contributed by atoms with Crippen molar-refractivity contribution in [2.75, 3.05) is 5.73 Å². The maximum atomic E-state index is 12.3. The molecule has 15 heavy (non-hydrogen) atoms. The Bertz CT molecular complexity index is 568. The number of nitrogen functional groups attached to an aromatic ring is 1. The summed E-state index contributed by atoms with van der Waals surface area (Å²) in [6, 6.07) is 0.732. The Morgan fingerprint density at radius 1 is 1.47 bits per heavy atom. The maximum absolute atomic E-state index is 12.3. The lowest BCUT2D eigenvalue weighted by atomic mass is 10.2. The molecule has 0 atom stereocenters. The molecule has 0 aliphatic rings. The summed E-state index contributed by atoms with van der Waals surface area (Å²) >= 11 is 0. The van der Waals surface area contributed by atoms with Crippen LogP contribution in [0.2, 0.25) is 0 Å². The molecule has 2 heterocycles. The average molecular weight is 218 g/mol. The summed E-state index contributed by atoms with van der Waals surface area (Å²) in [5, 5.41) is 5.48. The van der Waals surface area contributed by atoms with E-state index in [0.717, 1.165) is 10.5 Å². The number of nitrogens with one attached hydrogen (secondary N) is 1. The van der Waals surface area contributed by atoms with Crippen LogP contribution in [0.25, 0.3) is 5.65 Å². The normalized spacial score (nSPS) is 12.2. The highest BCUT2D eigenvalue weighted by molar-refractivity contribution is 5.64. The minimum absolute atomic E-state index is 0.0204. The molecule has 0 aliphatic heterocycles. The average Bonchev–Trinajstić information content (AvgIpc) is 2.47. The van der Waals surface area contributed by atoms with E-state index in [1.807, 2.05) is 5.10 Å². The Kier molecular flexibility index (Phi) is 1.75. The Morgan fingerprint density at radius 2 is 2.13 bits per heavy atom. The lowest BCUT2D eigenvalue weighted by Crippen LogP contribution is -2.14. The van der Waals surface area contributed by atoms with Gasteiger partial charge in [0.1, 0.15) is 0 Å². The molecular formula is C7H5F3N4O. The molecule has 0 bridgehead atoms. The molecule has 0 aliphatic carbocycles. The number of aromatic amines is 1. The lowest BCUT2D eigenvalue weighted by Gasteiger charge is -2.07. The zero-order valence-electron chi connectivity index (χ0n) is 7.17. The standard InChI is InChI=1S/C7H5F3N4O/c8-7(9,10)3-1-4(11)5-12-13-6(15)14(5)2-3/h1-2H,11H2,(H,13,15). The summed E-state index contributed by atoms with van der Waals surface area (Å²) in [5.41, 5.74) is 3.35. The van der Waals surface area contributed by atoms with Gasteiger partial charge in [-0.05, 0) is 6.07 Å². The maximum Gasteiger partial charge on any atom is 0.417 e. The molecule has 0 saturated heterocycles. The van der Waals surface area contributed by atoms with Crippen molar-refractivity contribution in [3.63, 3.8) is 0 Å². The quantitative estimate of drug-likeness (QED) is 0.680. The number of H-pyrrole nitrogens is 1. The molecule has 2 rings (SSSR count). The van der Waals surface area contributed by atoms with Crippen molar-refractivity contribution >= 4 is 11.3 Å². The first-order chi connectivity index (χ1) is 6.89. The first kappa shape index (κ1) is 9.56. The molecule has 0 unspecified atom stereocenters. The fourth-order valence-corrected chi connectivity index (χ4v) is 1.19. The minimum atomic E-state index is -4.54. The fourth-order valence-electron chi connectivity index (χ4n) is 1.19. The fraction of sp³-hybridized carbons (Fsp3) is 0.143. The van der Waals surface area contributed by atoms with Crippen LogP contribution in [0.15, 0.2) is 17.1 Å². The van der Waals surface area contributed by atoms with Crippen LogP contribution in [0.4, 0.5) is 18.9 Å². The van der Waals surface area contributed by atoms with Crippen LogP contribution in [-0.4, -0.2) is 14.6 Å². The van der Waals surface area contributed by atoms with E-state index in [1.165, 1.54) is 0 Å². The molecule has 2 aromatic heterocycles. The van der Waals surface area contributed by atoms with Gasteiger partial charge < -0.3 is 5.73 Å². The number of fused-ring (bicyclic) bond motifs is 1. The molecule has 0 saturated carbocycles. The number of halogens is 3. The molecule has 0 spiro atoms. The van der Waals surface area contributed by atoms with Gasteiger partial charge in [0.05, 0.1) is 11.3 Å². The van der Waals surface area contributed by atoms with Crippen molar-refractivity contribution in [2.24, 2.45) is 0 Å². The largest absolute Gasteiger partial charge is 0.417 e. The van der Waals surface area contributed by atoms with Gasteiger partial charge in [-0.15, -0.1) is 0 Å². The van der Waals surface area contributed by atoms with E-state index in [4.69, 9.17) is 5.73 Å². The van der Waals surface area contributed by atoms with Crippen LogP contribution in [0.3, 0.4) is 0 Å². The number of nitrogens with two attached hydrogens (primary N) is 1. The van der Waals surface area contributed by atoms with Gasteiger partial charge in [0.25, 0.3) is 0 Å². The number of hydrogen-bond acceptors (Lipinski definition) is 3. The minimum Gasteiger partial charge on any atom is -0.396 e.